The highest BCUT2D eigenvalue weighted by molar-refractivity contribution is 8.02. The molecule has 3 nitrogen and oxygen atoms in total. The van der Waals surface area contributed by atoms with Gasteiger partial charge in [-0.3, -0.25) is 4.79 Å². The highest BCUT2D eigenvalue weighted by Gasteiger charge is 2.28. The molecule has 17 heavy (non-hydrogen) atoms. The number of rotatable bonds is 2. The number of carbonyl (C=O) groups is 1. The fraction of sp³-hybridized carbons (Fsp3) is 0.273. The molecule has 1 atom stereocenters. The zero-order valence-corrected chi connectivity index (χ0v) is 11.4. The van der Waals surface area contributed by atoms with E-state index in [4.69, 9.17) is 28.9 Å². The molecule has 0 bridgehead atoms. The van der Waals surface area contributed by atoms with Gasteiger partial charge in [-0.25, -0.2) is 0 Å². The molecule has 1 aliphatic heterocycles. The SMILES string of the molecule is CC1Sc2ccc(Cl)cc2N(CC(=O)O)C1=S. The summed E-state index contributed by atoms with van der Waals surface area (Å²) in [4.78, 5) is 14.2. The zero-order valence-electron chi connectivity index (χ0n) is 9.01. The van der Waals surface area contributed by atoms with Gasteiger partial charge in [0.15, 0.2) is 0 Å². The van der Waals surface area contributed by atoms with Crippen LogP contribution < -0.4 is 4.90 Å². The summed E-state index contributed by atoms with van der Waals surface area (Å²) in [6.45, 7) is 1.84. The highest BCUT2D eigenvalue weighted by atomic mass is 35.5. The summed E-state index contributed by atoms with van der Waals surface area (Å²) < 4.78 is 0. The second kappa shape index (κ2) is 4.84. The van der Waals surface area contributed by atoms with Crippen molar-refractivity contribution >= 4 is 52.2 Å². The van der Waals surface area contributed by atoms with E-state index in [0.717, 1.165) is 10.6 Å². The van der Waals surface area contributed by atoms with Crippen molar-refractivity contribution in [1.29, 1.82) is 0 Å². The van der Waals surface area contributed by atoms with Gasteiger partial charge in [0.1, 0.15) is 6.54 Å². The monoisotopic (exact) mass is 287 g/mol. The molecule has 0 spiro atoms. The molecule has 0 aliphatic carbocycles. The molecule has 1 unspecified atom stereocenters. The molecule has 1 aromatic carbocycles. The third-order valence-electron chi connectivity index (χ3n) is 2.42. The van der Waals surface area contributed by atoms with Crippen molar-refractivity contribution < 1.29 is 9.90 Å². The summed E-state index contributed by atoms with van der Waals surface area (Å²) in [5.74, 6) is -0.905. The minimum Gasteiger partial charge on any atom is -0.480 e. The van der Waals surface area contributed by atoms with Crippen molar-refractivity contribution in [2.24, 2.45) is 0 Å². The zero-order chi connectivity index (χ0) is 12.6. The van der Waals surface area contributed by atoms with Crippen LogP contribution >= 0.6 is 35.6 Å². The molecule has 0 radical (unpaired) electrons. The van der Waals surface area contributed by atoms with Crippen LogP contribution in [0, 0.1) is 0 Å². The third-order valence-corrected chi connectivity index (χ3v) is 4.56. The van der Waals surface area contributed by atoms with Gasteiger partial charge in [0.05, 0.1) is 15.9 Å². The van der Waals surface area contributed by atoms with Crippen molar-refractivity contribution in [3.05, 3.63) is 23.2 Å². The second-order valence-electron chi connectivity index (χ2n) is 3.69. The summed E-state index contributed by atoms with van der Waals surface area (Å²) in [6, 6.07) is 5.45. The molecule has 0 aromatic heterocycles. The highest BCUT2D eigenvalue weighted by Crippen LogP contribution is 2.40. The maximum absolute atomic E-state index is 10.9. The Balaban J connectivity index is 2.46. The first-order valence-electron chi connectivity index (χ1n) is 4.98. The number of hydrogen-bond acceptors (Lipinski definition) is 3. The molecule has 2 rings (SSSR count). The van der Waals surface area contributed by atoms with Gasteiger partial charge >= 0.3 is 5.97 Å². The van der Waals surface area contributed by atoms with Crippen LogP contribution in [0.25, 0.3) is 0 Å². The van der Waals surface area contributed by atoms with Gasteiger partial charge in [-0.05, 0) is 25.1 Å². The predicted molar refractivity (Wildman–Crippen MR) is 74.4 cm³/mol. The minimum atomic E-state index is -0.905. The van der Waals surface area contributed by atoms with Gasteiger partial charge < -0.3 is 10.0 Å². The number of thiocarbonyl (C=S) groups is 1. The summed E-state index contributed by atoms with van der Waals surface area (Å²) >= 11 is 12.8. The first kappa shape index (κ1) is 12.7. The minimum absolute atomic E-state index is 0.0954. The number of thioether (sulfide) groups is 1. The van der Waals surface area contributed by atoms with E-state index in [1.165, 1.54) is 0 Å². The van der Waals surface area contributed by atoms with Gasteiger partial charge in [0.25, 0.3) is 0 Å². The lowest BCUT2D eigenvalue weighted by atomic mass is 10.2. The molecule has 1 heterocycles. The van der Waals surface area contributed by atoms with Crippen molar-refractivity contribution in [1.82, 2.24) is 0 Å². The molecule has 0 fully saturated rings. The van der Waals surface area contributed by atoms with Crippen LogP contribution in [0.1, 0.15) is 6.92 Å². The van der Waals surface area contributed by atoms with Crippen LogP contribution in [0.4, 0.5) is 5.69 Å². The summed E-state index contributed by atoms with van der Waals surface area (Å²) in [5, 5.41) is 9.60. The molecule has 0 saturated heterocycles. The van der Waals surface area contributed by atoms with Crippen LogP contribution in [0.3, 0.4) is 0 Å². The lowest BCUT2D eigenvalue weighted by molar-refractivity contribution is -0.135. The van der Waals surface area contributed by atoms with E-state index in [-0.39, 0.29) is 11.8 Å². The standard InChI is InChI=1S/C11H10ClNO2S2/c1-6-11(16)13(5-10(14)15)8-4-7(12)2-3-9(8)17-6/h2-4,6H,5H2,1H3,(H,14,15). The van der Waals surface area contributed by atoms with Crippen LogP contribution in [-0.4, -0.2) is 27.9 Å². The predicted octanol–water partition coefficient (Wildman–Crippen LogP) is 3.05. The van der Waals surface area contributed by atoms with E-state index in [1.807, 2.05) is 13.0 Å². The van der Waals surface area contributed by atoms with E-state index in [0.29, 0.717) is 10.0 Å². The Morgan fingerprint density at radius 1 is 1.65 bits per heavy atom. The van der Waals surface area contributed by atoms with E-state index >= 15 is 0 Å². The average molecular weight is 288 g/mol. The van der Waals surface area contributed by atoms with E-state index in [1.54, 1.807) is 28.8 Å². The van der Waals surface area contributed by atoms with E-state index in [2.05, 4.69) is 0 Å². The van der Waals surface area contributed by atoms with Crippen molar-refractivity contribution in [2.45, 2.75) is 17.1 Å². The third kappa shape index (κ3) is 2.56. The van der Waals surface area contributed by atoms with Crippen molar-refractivity contribution in [2.75, 3.05) is 11.4 Å². The number of carboxylic acids is 1. The lowest BCUT2D eigenvalue weighted by Gasteiger charge is -2.33. The van der Waals surface area contributed by atoms with Gasteiger partial charge in [0, 0.05) is 9.92 Å². The van der Waals surface area contributed by atoms with Crippen LogP contribution in [0.5, 0.6) is 0 Å². The first-order valence-corrected chi connectivity index (χ1v) is 6.65. The Morgan fingerprint density at radius 3 is 3.00 bits per heavy atom. The second-order valence-corrected chi connectivity index (χ2v) is 5.93. The Labute approximate surface area is 114 Å². The van der Waals surface area contributed by atoms with Crippen LogP contribution in [0.2, 0.25) is 5.02 Å². The van der Waals surface area contributed by atoms with E-state index in [9.17, 15) is 4.79 Å². The van der Waals surface area contributed by atoms with Crippen LogP contribution in [0.15, 0.2) is 23.1 Å². The summed E-state index contributed by atoms with van der Waals surface area (Å²) in [5.41, 5.74) is 0.785. The van der Waals surface area contributed by atoms with Gasteiger partial charge in [-0.1, -0.05) is 23.8 Å². The number of benzene rings is 1. The fourth-order valence-electron chi connectivity index (χ4n) is 1.68. The normalized spacial score (nSPS) is 19.1. The molecule has 90 valence electrons. The number of anilines is 1. The Morgan fingerprint density at radius 2 is 2.35 bits per heavy atom. The smallest absolute Gasteiger partial charge is 0.323 e. The summed E-state index contributed by atoms with van der Waals surface area (Å²) in [7, 11) is 0. The van der Waals surface area contributed by atoms with Crippen molar-refractivity contribution in [3.8, 4) is 0 Å². The van der Waals surface area contributed by atoms with Gasteiger partial charge in [-0.15, -0.1) is 11.8 Å². The number of nitrogens with zero attached hydrogens (tertiary/aromatic N) is 1. The number of aliphatic carboxylic acids is 1. The number of carboxylic acid groups (broad SMARTS) is 1. The Bertz CT molecular complexity index is 492. The quantitative estimate of drug-likeness (QED) is 0.847. The summed E-state index contributed by atoms with van der Waals surface area (Å²) in [6.07, 6.45) is 0. The van der Waals surface area contributed by atoms with Crippen molar-refractivity contribution in [3.63, 3.8) is 0 Å². The molecule has 0 saturated carbocycles. The fourth-order valence-corrected chi connectivity index (χ4v) is 3.20. The molecular weight excluding hydrogens is 278 g/mol. The topological polar surface area (TPSA) is 40.5 Å². The van der Waals surface area contributed by atoms with Gasteiger partial charge in [-0.2, -0.15) is 0 Å². The maximum atomic E-state index is 10.9. The van der Waals surface area contributed by atoms with E-state index < -0.39 is 5.97 Å². The van der Waals surface area contributed by atoms with Gasteiger partial charge in [0.2, 0.25) is 0 Å². The average Bonchev–Trinajstić information content (AvgIpc) is 2.25. The first-order chi connectivity index (χ1) is 7.99. The molecule has 1 aromatic rings. The molecular formula is C11H10ClNO2S2. The number of hydrogen-bond donors (Lipinski definition) is 1. The molecule has 6 heteroatoms. The number of halogens is 1. The number of fused-ring (bicyclic) bond motifs is 1. The molecule has 0 amide bonds. The maximum Gasteiger partial charge on any atom is 0.323 e. The molecule has 1 N–H and O–H groups in total. The molecule has 1 aliphatic rings. The Hall–Kier alpha value is -0.780. The van der Waals surface area contributed by atoms with Crippen LogP contribution in [-0.2, 0) is 4.79 Å². The lowest BCUT2D eigenvalue weighted by Crippen LogP contribution is -2.41. The Kier molecular flexibility index (Phi) is 3.61. The largest absolute Gasteiger partial charge is 0.480 e.